The first kappa shape index (κ1) is 25.3. The maximum absolute atomic E-state index is 12.4. The van der Waals surface area contributed by atoms with Crippen LogP contribution in [0.1, 0.15) is 26.0 Å². The number of rotatable bonds is 7. The lowest BCUT2D eigenvalue weighted by Gasteiger charge is -2.37. The zero-order valence-corrected chi connectivity index (χ0v) is 21.6. The highest BCUT2D eigenvalue weighted by Crippen LogP contribution is 2.32. The van der Waals surface area contributed by atoms with Crippen molar-refractivity contribution in [2.24, 2.45) is 5.92 Å². The topological polar surface area (TPSA) is 85.0 Å². The number of benzene rings is 1. The van der Waals surface area contributed by atoms with Crippen LogP contribution in [-0.2, 0) is 11.3 Å². The number of carbonyl (C=O) groups excluding carboxylic acids is 1. The Hall–Kier alpha value is -2.78. The number of halogens is 1. The van der Waals surface area contributed by atoms with Gasteiger partial charge in [0, 0.05) is 76.4 Å². The largest absolute Gasteiger partial charge is 0.495 e. The molecule has 2 aliphatic heterocycles. The van der Waals surface area contributed by atoms with Crippen LogP contribution in [0.2, 0.25) is 5.02 Å². The van der Waals surface area contributed by atoms with Crippen LogP contribution in [-0.4, -0.2) is 85.1 Å². The fourth-order valence-corrected chi connectivity index (χ4v) is 4.82. The highest BCUT2D eigenvalue weighted by Gasteiger charge is 2.24. The molecule has 2 aliphatic rings. The number of ether oxygens (including phenoxy) is 1. The number of carbonyl (C=O) groups is 1. The van der Waals surface area contributed by atoms with E-state index in [0.717, 1.165) is 43.3 Å². The van der Waals surface area contributed by atoms with E-state index in [4.69, 9.17) is 21.3 Å². The molecule has 0 bridgehead atoms. The third-order valence-electron chi connectivity index (χ3n) is 6.54. The van der Waals surface area contributed by atoms with E-state index in [1.807, 2.05) is 23.1 Å². The number of anilines is 2. The predicted molar refractivity (Wildman–Crippen MR) is 139 cm³/mol. The standard InChI is InChI=1S/C25H35ClN6O3/c1-18(2)14-24(34)31-10-12-32(13-11-31)25-27-20(16-23(33)28-25)17-29-6-8-30(9-7-29)21-15-19(26)4-5-22(21)35-3/h4-5,15-16,18H,6-14,17H2,1-3H3,(H,27,28,33). The first-order valence-electron chi connectivity index (χ1n) is 12.3. The van der Waals surface area contributed by atoms with Gasteiger partial charge in [0.25, 0.3) is 5.56 Å². The van der Waals surface area contributed by atoms with Gasteiger partial charge in [-0.25, -0.2) is 4.98 Å². The molecule has 9 nitrogen and oxygen atoms in total. The molecule has 0 unspecified atom stereocenters. The SMILES string of the molecule is COc1ccc(Cl)cc1N1CCN(Cc2cc(=O)[nH]c(N3CCN(C(=O)CC(C)C)CC3)n2)CC1. The molecule has 0 saturated carbocycles. The van der Waals surface area contributed by atoms with Crippen LogP contribution in [0.4, 0.5) is 11.6 Å². The molecule has 0 radical (unpaired) electrons. The summed E-state index contributed by atoms with van der Waals surface area (Å²) in [7, 11) is 1.67. The van der Waals surface area contributed by atoms with Gasteiger partial charge in [-0.2, -0.15) is 0 Å². The zero-order valence-electron chi connectivity index (χ0n) is 20.8. The summed E-state index contributed by atoms with van der Waals surface area (Å²) in [6, 6.07) is 7.25. The van der Waals surface area contributed by atoms with Crippen molar-refractivity contribution in [3.05, 3.63) is 45.3 Å². The molecular weight excluding hydrogens is 468 g/mol. The number of methoxy groups -OCH3 is 1. The second kappa shape index (κ2) is 11.3. The monoisotopic (exact) mass is 502 g/mol. The molecule has 190 valence electrons. The highest BCUT2D eigenvalue weighted by atomic mass is 35.5. The van der Waals surface area contributed by atoms with Gasteiger partial charge in [0.05, 0.1) is 18.5 Å². The highest BCUT2D eigenvalue weighted by molar-refractivity contribution is 6.30. The van der Waals surface area contributed by atoms with Crippen molar-refractivity contribution in [3.63, 3.8) is 0 Å². The third-order valence-corrected chi connectivity index (χ3v) is 6.77. The summed E-state index contributed by atoms with van der Waals surface area (Å²) in [6.07, 6.45) is 0.571. The number of nitrogens with one attached hydrogen (secondary N) is 1. The molecule has 0 atom stereocenters. The van der Waals surface area contributed by atoms with E-state index in [1.165, 1.54) is 0 Å². The number of aromatic nitrogens is 2. The molecule has 1 aromatic heterocycles. The van der Waals surface area contributed by atoms with Crippen LogP contribution in [0, 0.1) is 5.92 Å². The van der Waals surface area contributed by atoms with Crippen LogP contribution in [0.5, 0.6) is 5.75 Å². The Morgan fingerprint density at radius 3 is 2.40 bits per heavy atom. The normalized spacial score (nSPS) is 17.2. The Morgan fingerprint density at radius 2 is 1.74 bits per heavy atom. The average Bonchev–Trinajstić information content (AvgIpc) is 2.84. The number of hydrogen-bond acceptors (Lipinski definition) is 7. The molecule has 1 amide bonds. The van der Waals surface area contributed by atoms with Crippen LogP contribution in [0.15, 0.2) is 29.1 Å². The van der Waals surface area contributed by atoms with Gasteiger partial charge < -0.3 is 19.4 Å². The summed E-state index contributed by atoms with van der Waals surface area (Å²) < 4.78 is 5.51. The smallest absolute Gasteiger partial charge is 0.252 e. The third kappa shape index (κ3) is 6.46. The Labute approximate surface area is 211 Å². The van der Waals surface area contributed by atoms with Gasteiger partial charge in [-0.05, 0) is 24.1 Å². The van der Waals surface area contributed by atoms with Gasteiger partial charge in [-0.1, -0.05) is 25.4 Å². The van der Waals surface area contributed by atoms with Gasteiger partial charge in [0.15, 0.2) is 0 Å². The molecule has 35 heavy (non-hydrogen) atoms. The second-order valence-electron chi connectivity index (χ2n) is 9.61. The van der Waals surface area contributed by atoms with Crippen molar-refractivity contribution in [2.75, 3.05) is 69.3 Å². The number of piperazine rings is 2. The summed E-state index contributed by atoms with van der Waals surface area (Å²) in [5, 5.41) is 0.689. The summed E-state index contributed by atoms with van der Waals surface area (Å²) in [5.74, 6) is 1.95. The maximum atomic E-state index is 12.4. The number of nitrogens with zero attached hydrogens (tertiary/aromatic N) is 5. The van der Waals surface area contributed by atoms with Crippen molar-refractivity contribution >= 4 is 29.1 Å². The van der Waals surface area contributed by atoms with Gasteiger partial charge in [0.1, 0.15) is 5.75 Å². The Morgan fingerprint density at radius 1 is 1.06 bits per heavy atom. The number of H-pyrrole nitrogens is 1. The van der Waals surface area contributed by atoms with E-state index in [1.54, 1.807) is 13.2 Å². The van der Waals surface area contributed by atoms with E-state index >= 15 is 0 Å². The Balaban J connectivity index is 1.34. The van der Waals surface area contributed by atoms with Gasteiger partial charge in [-0.3, -0.25) is 19.5 Å². The van der Waals surface area contributed by atoms with Crippen molar-refractivity contribution in [3.8, 4) is 5.75 Å². The molecule has 1 aromatic carbocycles. The Bertz CT molecular complexity index is 1080. The minimum absolute atomic E-state index is 0.148. The molecule has 2 fully saturated rings. The predicted octanol–water partition coefficient (Wildman–Crippen LogP) is 2.45. The van der Waals surface area contributed by atoms with Crippen molar-refractivity contribution in [1.29, 1.82) is 0 Å². The molecule has 1 N–H and O–H groups in total. The first-order chi connectivity index (χ1) is 16.8. The van der Waals surface area contributed by atoms with Crippen LogP contribution >= 0.6 is 11.6 Å². The van der Waals surface area contributed by atoms with Crippen LogP contribution in [0.3, 0.4) is 0 Å². The van der Waals surface area contributed by atoms with E-state index in [-0.39, 0.29) is 11.5 Å². The first-order valence-corrected chi connectivity index (χ1v) is 12.6. The maximum Gasteiger partial charge on any atom is 0.252 e. The number of amides is 1. The van der Waals surface area contributed by atoms with E-state index in [0.29, 0.717) is 56.0 Å². The van der Waals surface area contributed by atoms with Gasteiger partial charge in [0.2, 0.25) is 11.9 Å². The zero-order chi connectivity index (χ0) is 24.9. The lowest BCUT2D eigenvalue weighted by Crippen LogP contribution is -2.50. The van der Waals surface area contributed by atoms with E-state index in [2.05, 4.69) is 33.5 Å². The lowest BCUT2D eigenvalue weighted by atomic mass is 10.1. The quantitative estimate of drug-likeness (QED) is 0.622. The summed E-state index contributed by atoms with van der Waals surface area (Å²) in [5.41, 5.74) is 1.61. The van der Waals surface area contributed by atoms with Crippen molar-refractivity contribution < 1.29 is 9.53 Å². The molecule has 4 rings (SSSR count). The summed E-state index contributed by atoms with van der Waals surface area (Å²) in [4.78, 5) is 40.9. The number of hydrogen-bond donors (Lipinski definition) is 1. The summed E-state index contributed by atoms with van der Waals surface area (Å²) in [6.45, 7) is 10.7. The van der Waals surface area contributed by atoms with Crippen LogP contribution in [0.25, 0.3) is 0 Å². The molecular formula is C25H35ClN6O3. The van der Waals surface area contributed by atoms with Crippen molar-refractivity contribution in [1.82, 2.24) is 19.8 Å². The molecule has 3 heterocycles. The van der Waals surface area contributed by atoms with E-state index in [9.17, 15) is 9.59 Å². The number of aromatic amines is 1. The Kier molecular flexibility index (Phi) is 8.18. The fourth-order valence-electron chi connectivity index (χ4n) is 4.66. The fraction of sp³-hybridized carbons (Fsp3) is 0.560. The lowest BCUT2D eigenvalue weighted by molar-refractivity contribution is -0.132. The summed E-state index contributed by atoms with van der Waals surface area (Å²) >= 11 is 6.21. The van der Waals surface area contributed by atoms with Crippen molar-refractivity contribution in [2.45, 2.75) is 26.8 Å². The van der Waals surface area contributed by atoms with Crippen LogP contribution < -0.4 is 20.1 Å². The molecule has 0 aliphatic carbocycles. The molecule has 2 saturated heterocycles. The van der Waals surface area contributed by atoms with E-state index < -0.39 is 0 Å². The molecule has 0 spiro atoms. The second-order valence-corrected chi connectivity index (χ2v) is 10.0. The average molecular weight is 503 g/mol. The molecule has 2 aromatic rings. The minimum Gasteiger partial charge on any atom is -0.495 e. The minimum atomic E-state index is -0.148. The molecule has 10 heteroatoms. The van der Waals surface area contributed by atoms with Gasteiger partial charge >= 0.3 is 0 Å². The van der Waals surface area contributed by atoms with Gasteiger partial charge in [-0.15, -0.1) is 0 Å².